The molecule has 0 aliphatic heterocycles. The quantitative estimate of drug-likeness (QED) is 0.826. The van der Waals surface area contributed by atoms with E-state index < -0.39 is 0 Å². The van der Waals surface area contributed by atoms with Crippen LogP contribution in [0.5, 0.6) is 0 Å². The van der Waals surface area contributed by atoms with Gasteiger partial charge in [0.25, 0.3) is 11.8 Å². The largest absolute Gasteiger partial charge is 0.355 e. The molecule has 1 amide bonds. The number of hydrogen-bond donors (Lipinski definition) is 2. The number of benzene rings is 1. The van der Waals surface area contributed by atoms with Crippen LogP contribution in [0.15, 0.2) is 34.9 Å². The maximum atomic E-state index is 11.4. The minimum atomic E-state index is -0.0899. The molecule has 0 aliphatic carbocycles. The van der Waals surface area contributed by atoms with Crippen LogP contribution in [0, 0.1) is 0 Å². The molecule has 2 N–H and O–H groups in total. The molecule has 0 saturated carbocycles. The zero-order chi connectivity index (χ0) is 13.5. The lowest BCUT2D eigenvalue weighted by Gasteiger charge is -2.02. The molecule has 0 radical (unpaired) electrons. The zero-order valence-corrected chi connectivity index (χ0v) is 10.7. The average molecular weight is 260 g/mol. The minimum Gasteiger partial charge on any atom is -0.355 e. The molecule has 0 spiro atoms. The fourth-order valence-corrected chi connectivity index (χ4v) is 1.48. The number of aromatic nitrogens is 2. The highest BCUT2D eigenvalue weighted by atomic mass is 16.5. The topological polar surface area (TPSA) is 80.0 Å². The van der Waals surface area contributed by atoms with Crippen molar-refractivity contribution in [2.75, 3.05) is 18.4 Å². The Morgan fingerprint density at radius 1 is 1.32 bits per heavy atom. The predicted molar refractivity (Wildman–Crippen MR) is 71.5 cm³/mol. The third kappa shape index (κ3) is 3.80. The van der Waals surface area contributed by atoms with E-state index in [1.54, 1.807) is 0 Å². The number of carbonyl (C=O) groups excluding carboxylic acids is 1. The number of carbonyl (C=O) groups is 1. The van der Waals surface area contributed by atoms with Gasteiger partial charge in [-0.15, -0.1) is 0 Å². The number of nitrogens with one attached hydrogen (secondary N) is 2. The maximum Gasteiger partial charge on any atom is 0.264 e. The molecule has 1 aromatic carbocycles. The van der Waals surface area contributed by atoms with Gasteiger partial charge in [-0.05, 0) is 23.7 Å². The zero-order valence-electron chi connectivity index (χ0n) is 10.7. The normalized spacial score (nSPS) is 10.2. The van der Waals surface area contributed by atoms with Gasteiger partial charge >= 0.3 is 0 Å². The van der Waals surface area contributed by atoms with Gasteiger partial charge in [-0.25, -0.2) is 0 Å². The van der Waals surface area contributed by atoms with Gasteiger partial charge in [0.05, 0.1) is 6.54 Å². The van der Waals surface area contributed by atoms with Crippen LogP contribution in [0.1, 0.15) is 13.3 Å². The van der Waals surface area contributed by atoms with Crippen molar-refractivity contribution < 1.29 is 9.32 Å². The smallest absolute Gasteiger partial charge is 0.264 e. The molecule has 2 aromatic rings. The van der Waals surface area contributed by atoms with Crippen molar-refractivity contribution >= 4 is 11.9 Å². The Hall–Kier alpha value is -2.37. The molecule has 6 heteroatoms. The Morgan fingerprint density at radius 3 is 2.84 bits per heavy atom. The number of rotatable bonds is 6. The van der Waals surface area contributed by atoms with Crippen LogP contribution in [0.3, 0.4) is 0 Å². The Morgan fingerprint density at radius 2 is 2.11 bits per heavy atom. The summed E-state index contributed by atoms with van der Waals surface area (Å²) in [5.74, 6) is 0.649. The van der Waals surface area contributed by atoms with Crippen molar-refractivity contribution in [2.45, 2.75) is 13.3 Å². The Kier molecular flexibility index (Phi) is 4.49. The van der Waals surface area contributed by atoms with Crippen LogP contribution in [0.4, 0.5) is 5.95 Å². The van der Waals surface area contributed by atoms with Gasteiger partial charge in [-0.1, -0.05) is 25.1 Å². The lowest BCUT2D eigenvalue weighted by atomic mass is 10.2. The fourth-order valence-electron chi connectivity index (χ4n) is 1.48. The second-order valence-electron chi connectivity index (χ2n) is 3.99. The first kappa shape index (κ1) is 13.1. The van der Waals surface area contributed by atoms with E-state index in [4.69, 9.17) is 4.52 Å². The highest BCUT2D eigenvalue weighted by Gasteiger charge is 2.08. The molecule has 0 unspecified atom stereocenters. The van der Waals surface area contributed by atoms with Crippen LogP contribution in [-0.2, 0) is 4.79 Å². The fraction of sp³-hybridized carbons (Fsp3) is 0.308. The molecular formula is C13H16N4O2. The first-order chi connectivity index (χ1) is 9.29. The summed E-state index contributed by atoms with van der Waals surface area (Å²) >= 11 is 0. The van der Waals surface area contributed by atoms with Crippen molar-refractivity contribution in [3.05, 3.63) is 30.3 Å². The molecule has 1 aromatic heterocycles. The lowest BCUT2D eigenvalue weighted by Crippen LogP contribution is -2.30. The summed E-state index contributed by atoms with van der Waals surface area (Å²) in [6, 6.07) is 9.46. The second kappa shape index (κ2) is 6.53. The van der Waals surface area contributed by atoms with Gasteiger partial charge < -0.3 is 15.2 Å². The maximum absolute atomic E-state index is 11.4. The van der Waals surface area contributed by atoms with Crippen LogP contribution in [0.2, 0.25) is 0 Å². The van der Waals surface area contributed by atoms with E-state index in [9.17, 15) is 4.79 Å². The van der Waals surface area contributed by atoms with Crippen LogP contribution < -0.4 is 10.6 Å². The molecule has 100 valence electrons. The SMILES string of the molecule is CCCNC(=O)CNc1noc(-c2ccccc2)n1. The average Bonchev–Trinajstić information content (AvgIpc) is 2.93. The molecule has 0 fully saturated rings. The van der Waals surface area contributed by atoms with Gasteiger partial charge in [0.2, 0.25) is 5.91 Å². The number of amides is 1. The molecule has 0 atom stereocenters. The lowest BCUT2D eigenvalue weighted by molar-refractivity contribution is -0.119. The Balaban J connectivity index is 1.90. The van der Waals surface area contributed by atoms with E-state index in [0.29, 0.717) is 18.4 Å². The third-order valence-electron chi connectivity index (χ3n) is 2.43. The summed E-state index contributed by atoms with van der Waals surface area (Å²) in [6.07, 6.45) is 0.909. The monoisotopic (exact) mass is 260 g/mol. The molecule has 0 aliphatic rings. The Bertz CT molecular complexity index is 524. The van der Waals surface area contributed by atoms with Crippen molar-refractivity contribution in [1.29, 1.82) is 0 Å². The van der Waals surface area contributed by atoms with Crippen LogP contribution in [0.25, 0.3) is 11.5 Å². The number of hydrogen-bond acceptors (Lipinski definition) is 5. The highest BCUT2D eigenvalue weighted by Crippen LogP contribution is 2.17. The molecule has 19 heavy (non-hydrogen) atoms. The van der Waals surface area contributed by atoms with E-state index in [0.717, 1.165) is 12.0 Å². The first-order valence-corrected chi connectivity index (χ1v) is 6.19. The van der Waals surface area contributed by atoms with Crippen LogP contribution in [-0.4, -0.2) is 29.1 Å². The number of nitrogens with zero attached hydrogens (tertiary/aromatic N) is 2. The number of anilines is 1. The highest BCUT2D eigenvalue weighted by molar-refractivity contribution is 5.80. The molecule has 6 nitrogen and oxygen atoms in total. The van der Waals surface area contributed by atoms with Crippen molar-refractivity contribution in [2.24, 2.45) is 0 Å². The summed E-state index contributed by atoms with van der Waals surface area (Å²) in [5, 5.41) is 9.34. The van der Waals surface area contributed by atoms with E-state index in [-0.39, 0.29) is 12.5 Å². The van der Waals surface area contributed by atoms with Crippen molar-refractivity contribution in [3.63, 3.8) is 0 Å². The van der Waals surface area contributed by atoms with Gasteiger partial charge in [-0.2, -0.15) is 4.98 Å². The Labute approximate surface area is 111 Å². The van der Waals surface area contributed by atoms with Gasteiger partial charge in [0.15, 0.2) is 0 Å². The summed E-state index contributed by atoms with van der Waals surface area (Å²) in [6.45, 7) is 2.80. The van der Waals surface area contributed by atoms with Gasteiger partial charge in [0, 0.05) is 12.1 Å². The van der Waals surface area contributed by atoms with Gasteiger partial charge in [-0.3, -0.25) is 4.79 Å². The van der Waals surface area contributed by atoms with E-state index in [2.05, 4.69) is 20.8 Å². The van der Waals surface area contributed by atoms with Gasteiger partial charge in [0.1, 0.15) is 0 Å². The first-order valence-electron chi connectivity index (χ1n) is 6.19. The van der Waals surface area contributed by atoms with E-state index >= 15 is 0 Å². The molecule has 0 saturated heterocycles. The second-order valence-corrected chi connectivity index (χ2v) is 3.99. The minimum absolute atomic E-state index is 0.0899. The summed E-state index contributed by atoms with van der Waals surface area (Å²) in [4.78, 5) is 15.6. The summed E-state index contributed by atoms with van der Waals surface area (Å²) in [5.41, 5.74) is 0.846. The molecular weight excluding hydrogens is 244 g/mol. The predicted octanol–water partition coefficient (Wildman–Crippen LogP) is 1.67. The molecule has 2 rings (SSSR count). The van der Waals surface area contributed by atoms with Crippen molar-refractivity contribution in [1.82, 2.24) is 15.5 Å². The van der Waals surface area contributed by atoms with Crippen molar-refractivity contribution in [3.8, 4) is 11.5 Å². The van der Waals surface area contributed by atoms with E-state index in [1.165, 1.54) is 0 Å². The summed E-state index contributed by atoms with van der Waals surface area (Å²) in [7, 11) is 0. The molecule has 0 bridgehead atoms. The van der Waals surface area contributed by atoms with Crippen LogP contribution >= 0.6 is 0 Å². The van der Waals surface area contributed by atoms with E-state index in [1.807, 2.05) is 37.3 Å². The summed E-state index contributed by atoms with van der Waals surface area (Å²) < 4.78 is 5.11. The molecule has 1 heterocycles. The standard InChI is InChI=1S/C13H16N4O2/c1-2-8-14-11(18)9-15-13-16-12(19-17-13)10-6-4-3-5-7-10/h3-7H,2,8-9H2,1H3,(H,14,18)(H,15,17). The third-order valence-corrected chi connectivity index (χ3v) is 2.43.